The van der Waals surface area contributed by atoms with Crippen LogP contribution in [0, 0.1) is 5.92 Å². The zero-order chi connectivity index (χ0) is 41.3. The number of halogens is 1. The molecule has 4 bridgehead atoms. The number of aliphatic hydroxyl groups excluding tert-OH is 2. The monoisotopic (exact) mass is 812 g/mol. The molecule has 4 amide bonds. The molecule has 4 aliphatic rings. The van der Waals surface area contributed by atoms with E-state index in [1.165, 1.54) is 33.4 Å². The van der Waals surface area contributed by atoms with Crippen LogP contribution >= 0.6 is 11.6 Å². The molecular formula is C36H49ClN4O15. The topological polar surface area (TPSA) is 270 Å². The third kappa shape index (κ3) is 8.69. The Morgan fingerprint density at radius 1 is 1.18 bits per heavy atom. The fourth-order valence-electron chi connectivity index (χ4n) is 7.65. The van der Waals surface area contributed by atoms with E-state index >= 15 is 0 Å². The third-order valence-electron chi connectivity index (χ3n) is 10.6. The van der Waals surface area contributed by atoms with Crippen LogP contribution in [0.5, 0.6) is 5.75 Å². The van der Waals surface area contributed by atoms with Gasteiger partial charge >= 0.3 is 18.3 Å². The van der Waals surface area contributed by atoms with Gasteiger partial charge < -0.3 is 64.6 Å². The minimum atomic E-state index is -1.91. The Morgan fingerprint density at radius 2 is 1.89 bits per heavy atom. The average molecular weight is 813 g/mol. The number of phenols is 1. The highest BCUT2D eigenvalue weighted by molar-refractivity contribution is 6.35. The van der Waals surface area contributed by atoms with Gasteiger partial charge in [-0.2, -0.15) is 0 Å². The summed E-state index contributed by atoms with van der Waals surface area (Å²) >= 11 is 6.71. The minimum absolute atomic E-state index is 0.136. The number of primary amides is 1. The standard InChI is InChI=1S/C36H49ClN4O15/c1-16-8-7-9-23(50-5)36(49)14-21(53-34(48)40-36)17(2)30-35(3,56-30)24(54-33(47)39-4)13-25(44)41(19-11-18(10-16)12-20(43)26(19)37)31-27(45)29(51-6)28(55-32(38)46)22(15-42)52-31/h7-9,11-12,17,21-24,27-31,42-43,45,49H,10,13-15H2,1-6H3,(H2,38,46)(H,39,47)(H,40,48)/b9-7+,16-8+/t17-,21+,22+,23-,24+,27+,28+,29+,30-,31+,35+,36+/m1/s1. The number of epoxide rings is 1. The number of benzene rings is 1. The minimum Gasteiger partial charge on any atom is -0.506 e. The maximum atomic E-state index is 14.8. The summed E-state index contributed by atoms with van der Waals surface area (Å²) in [4.78, 5) is 53.2. The molecule has 3 saturated heterocycles. The summed E-state index contributed by atoms with van der Waals surface area (Å²) in [5.74, 6) is -1.96. The maximum absolute atomic E-state index is 14.8. The van der Waals surface area contributed by atoms with Crippen molar-refractivity contribution in [2.45, 2.75) is 106 Å². The largest absolute Gasteiger partial charge is 0.506 e. The first kappa shape index (κ1) is 42.9. The van der Waals surface area contributed by atoms with Crippen molar-refractivity contribution in [3.63, 3.8) is 0 Å². The number of nitrogens with two attached hydrogens (primary N) is 1. The molecule has 4 aliphatic heterocycles. The summed E-state index contributed by atoms with van der Waals surface area (Å²) in [5, 5.41) is 49.4. The second kappa shape index (κ2) is 17.1. The van der Waals surface area contributed by atoms with Gasteiger partial charge in [-0.15, -0.1) is 0 Å². The molecule has 4 heterocycles. The molecule has 3 fully saturated rings. The van der Waals surface area contributed by atoms with Crippen molar-refractivity contribution < 1.29 is 72.8 Å². The Labute approximate surface area is 327 Å². The predicted molar refractivity (Wildman–Crippen MR) is 194 cm³/mol. The normalized spacial score (nSPS) is 37.8. The van der Waals surface area contributed by atoms with Crippen LogP contribution in [0.4, 0.5) is 20.1 Å². The number of aliphatic hydroxyl groups is 3. The number of fused-ring (bicyclic) bond motifs is 5. The van der Waals surface area contributed by atoms with Gasteiger partial charge in [-0.1, -0.05) is 42.3 Å². The highest BCUT2D eigenvalue weighted by Crippen LogP contribution is 2.49. The summed E-state index contributed by atoms with van der Waals surface area (Å²) in [6.07, 6.45) is -10.7. The number of amides is 4. The second-order valence-corrected chi connectivity index (χ2v) is 14.8. The summed E-state index contributed by atoms with van der Waals surface area (Å²) in [7, 11) is 3.88. The molecule has 8 N–H and O–H groups in total. The van der Waals surface area contributed by atoms with Gasteiger partial charge in [0.1, 0.15) is 53.0 Å². The molecule has 0 unspecified atom stereocenters. The van der Waals surface area contributed by atoms with Gasteiger partial charge in [0.05, 0.1) is 24.8 Å². The van der Waals surface area contributed by atoms with E-state index < -0.39 is 115 Å². The Hall–Kier alpha value is -4.21. The van der Waals surface area contributed by atoms with E-state index in [1.54, 1.807) is 39.0 Å². The number of nitrogens with zero attached hydrogens (tertiary/aromatic N) is 1. The number of carbonyl (C=O) groups excluding carboxylic acids is 4. The highest BCUT2D eigenvalue weighted by atomic mass is 35.5. The van der Waals surface area contributed by atoms with E-state index in [2.05, 4.69) is 10.6 Å². The quantitative estimate of drug-likeness (QED) is 0.157. The van der Waals surface area contributed by atoms with Crippen molar-refractivity contribution in [3.05, 3.63) is 46.5 Å². The Balaban J connectivity index is 1.67. The number of nitrogens with one attached hydrogen (secondary N) is 2. The van der Waals surface area contributed by atoms with Crippen LogP contribution in [0.1, 0.15) is 39.2 Å². The zero-order valence-corrected chi connectivity index (χ0v) is 32.4. The van der Waals surface area contributed by atoms with E-state index in [0.29, 0.717) is 5.56 Å². The molecule has 1 aromatic carbocycles. The van der Waals surface area contributed by atoms with Crippen molar-refractivity contribution >= 4 is 41.5 Å². The number of phenolic OH excluding ortho intramolecular Hbond substituents is 1. The van der Waals surface area contributed by atoms with Crippen molar-refractivity contribution in [2.75, 3.05) is 32.8 Å². The zero-order valence-electron chi connectivity index (χ0n) is 31.7. The highest BCUT2D eigenvalue weighted by Gasteiger charge is 2.65. The molecule has 310 valence electrons. The number of alkyl carbamates (subject to hydrolysis) is 2. The number of anilines is 1. The lowest BCUT2D eigenvalue weighted by Gasteiger charge is -2.46. The number of hydrogen-bond acceptors (Lipinski definition) is 15. The number of carbonyl (C=O) groups is 4. The lowest BCUT2D eigenvalue weighted by atomic mass is 9.83. The Morgan fingerprint density at radius 3 is 2.52 bits per heavy atom. The summed E-state index contributed by atoms with van der Waals surface area (Å²) in [6, 6.07) is 2.86. The molecule has 0 aliphatic carbocycles. The first-order valence-corrected chi connectivity index (χ1v) is 18.2. The van der Waals surface area contributed by atoms with E-state index in [0.717, 1.165) is 10.5 Å². The first-order valence-electron chi connectivity index (χ1n) is 17.8. The van der Waals surface area contributed by atoms with Crippen LogP contribution in [0.15, 0.2) is 35.9 Å². The van der Waals surface area contributed by atoms with Gasteiger partial charge in [-0.25, -0.2) is 14.4 Å². The van der Waals surface area contributed by atoms with E-state index in [-0.39, 0.29) is 23.6 Å². The molecule has 12 atom stereocenters. The van der Waals surface area contributed by atoms with E-state index in [9.17, 15) is 39.6 Å². The molecular weight excluding hydrogens is 764 g/mol. The fraction of sp³-hybridized carbons (Fsp3) is 0.611. The van der Waals surface area contributed by atoms with Crippen molar-refractivity contribution in [3.8, 4) is 5.75 Å². The number of rotatable bonds is 6. The van der Waals surface area contributed by atoms with Crippen LogP contribution < -0.4 is 21.3 Å². The van der Waals surface area contributed by atoms with Crippen LogP contribution in [-0.4, -0.2) is 139 Å². The number of hydrogen-bond donors (Lipinski definition) is 7. The van der Waals surface area contributed by atoms with Crippen molar-refractivity contribution in [1.82, 2.24) is 10.6 Å². The van der Waals surface area contributed by atoms with E-state index in [1.807, 2.05) is 0 Å². The Kier molecular flexibility index (Phi) is 13.1. The lowest BCUT2D eigenvalue weighted by Crippen LogP contribution is -2.66. The molecule has 0 spiro atoms. The summed E-state index contributed by atoms with van der Waals surface area (Å²) in [6.45, 7) is 4.29. The van der Waals surface area contributed by atoms with Crippen LogP contribution in [-0.2, 0) is 44.4 Å². The number of methoxy groups -OCH3 is 2. The predicted octanol–water partition coefficient (Wildman–Crippen LogP) is 1.10. The van der Waals surface area contributed by atoms with Gasteiger partial charge in [0, 0.05) is 33.6 Å². The first-order chi connectivity index (χ1) is 26.4. The molecule has 0 radical (unpaired) electrons. The SMILES string of the molecule is CNC(=O)O[C@H]1CC(=O)N([C@H]2O[C@@H](CO)[C@H](OC(N)=O)[C@@H](OC)[C@@H]2O)c2cc(cc(O)c2Cl)C/C(C)=C/C=C/[C@@H](OC)[C@@]2(O)C[C@H](OC(=O)N2)[C@@H](C)[C@H]2O[C@@]12C. The molecule has 56 heavy (non-hydrogen) atoms. The van der Waals surface area contributed by atoms with Gasteiger partial charge in [0.15, 0.2) is 18.1 Å². The van der Waals surface area contributed by atoms with Gasteiger partial charge in [0.2, 0.25) is 5.91 Å². The molecule has 19 nitrogen and oxygen atoms in total. The summed E-state index contributed by atoms with van der Waals surface area (Å²) < 4.78 is 39.8. The number of ether oxygens (including phenoxy) is 7. The lowest BCUT2D eigenvalue weighted by molar-refractivity contribution is -0.234. The van der Waals surface area contributed by atoms with E-state index in [4.69, 9.17) is 50.5 Å². The van der Waals surface area contributed by atoms with Gasteiger partial charge in [-0.3, -0.25) is 15.0 Å². The molecule has 1 aromatic rings. The second-order valence-electron chi connectivity index (χ2n) is 14.4. The van der Waals surface area contributed by atoms with Gasteiger partial charge in [0.25, 0.3) is 0 Å². The fourth-order valence-corrected chi connectivity index (χ4v) is 7.85. The van der Waals surface area contributed by atoms with Crippen LogP contribution in [0.2, 0.25) is 5.02 Å². The van der Waals surface area contributed by atoms with Crippen molar-refractivity contribution in [1.29, 1.82) is 0 Å². The number of aromatic hydroxyl groups is 1. The molecule has 0 aromatic heterocycles. The third-order valence-corrected chi connectivity index (χ3v) is 11.0. The van der Waals surface area contributed by atoms with Crippen LogP contribution in [0.25, 0.3) is 0 Å². The van der Waals surface area contributed by atoms with Crippen molar-refractivity contribution in [2.24, 2.45) is 11.7 Å². The maximum Gasteiger partial charge on any atom is 0.409 e. The molecule has 0 saturated carbocycles. The van der Waals surface area contributed by atoms with Gasteiger partial charge in [-0.05, 0) is 38.0 Å². The number of allylic oxidation sites excluding steroid dienone is 3. The Bertz CT molecular complexity index is 1730. The van der Waals surface area contributed by atoms with Crippen LogP contribution in [0.3, 0.4) is 0 Å². The molecule has 5 rings (SSSR count). The molecule has 20 heteroatoms. The summed E-state index contributed by atoms with van der Waals surface area (Å²) in [5.41, 5.74) is 2.98. The smallest absolute Gasteiger partial charge is 0.409 e. The average Bonchev–Trinajstić information content (AvgIpc) is 3.83.